The summed E-state index contributed by atoms with van der Waals surface area (Å²) in [5.74, 6) is 0.706. The van der Waals surface area contributed by atoms with Gasteiger partial charge in [-0.2, -0.15) is 0 Å². The molecule has 0 saturated heterocycles. The van der Waals surface area contributed by atoms with Crippen LogP contribution in [0.5, 0.6) is 0 Å². The highest BCUT2D eigenvalue weighted by atomic mass is 15.1. The Morgan fingerprint density at radius 2 is 2.22 bits per heavy atom. The minimum atomic E-state index is 0.706. The highest BCUT2D eigenvalue weighted by molar-refractivity contribution is 5.08. The van der Waals surface area contributed by atoms with E-state index < -0.39 is 0 Å². The van der Waals surface area contributed by atoms with Gasteiger partial charge in [-0.15, -0.1) is 0 Å². The Hall–Kier alpha value is -0.460. The van der Waals surface area contributed by atoms with Gasteiger partial charge < -0.3 is 4.90 Å². The Kier molecular flexibility index (Phi) is 1.79. The van der Waals surface area contributed by atoms with Gasteiger partial charge in [0, 0.05) is 19.3 Å². The van der Waals surface area contributed by atoms with E-state index >= 15 is 0 Å². The van der Waals surface area contributed by atoms with E-state index in [1.807, 2.05) is 0 Å². The SMILES string of the molecule is CC(C)C1=CCCN1C. The van der Waals surface area contributed by atoms with Crippen molar-refractivity contribution in [3.8, 4) is 0 Å². The van der Waals surface area contributed by atoms with Gasteiger partial charge in [-0.1, -0.05) is 19.9 Å². The maximum Gasteiger partial charge on any atom is 0.0207 e. The third-order valence-electron chi connectivity index (χ3n) is 1.85. The first-order valence-electron chi connectivity index (χ1n) is 3.63. The lowest BCUT2D eigenvalue weighted by molar-refractivity contribution is 0.412. The Balaban J connectivity index is 2.57. The van der Waals surface area contributed by atoms with E-state index in [9.17, 15) is 0 Å². The predicted molar refractivity (Wildman–Crippen MR) is 40.2 cm³/mol. The van der Waals surface area contributed by atoms with Crippen molar-refractivity contribution >= 4 is 0 Å². The summed E-state index contributed by atoms with van der Waals surface area (Å²) in [4.78, 5) is 2.34. The van der Waals surface area contributed by atoms with Crippen molar-refractivity contribution in [2.45, 2.75) is 20.3 Å². The zero-order valence-corrected chi connectivity index (χ0v) is 6.52. The zero-order valence-electron chi connectivity index (χ0n) is 6.52. The molecule has 0 radical (unpaired) electrons. The monoisotopic (exact) mass is 125 g/mol. The van der Waals surface area contributed by atoms with Crippen molar-refractivity contribution in [2.75, 3.05) is 13.6 Å². The quantitative estimate of drug-likeness (QED) is 0.517. The number of hydrogen-bond acceptors (Lipinski definition) is 1. The van der Waals surface area contributed by atoms with Crippen molar-refractivity contribution < 1.29 is 0 Å². The first kappa shape index (κ1) is 6.66. The van der Waals surface area contributed by atoms with Crippen LogP contribution in [0.25, 0.3) is 0 Å². The molecule has 0 amide bonds. The second-order valence-corrected chi connectivity index (χ2v) is 2.99. The molecule has 9 heavy (non-hydrogen) atoms. The van der Waals surface area contributed by atoms with Crippen molar-refractivity contribution in [1.29, 1.82) is 0 Å². The lowest BCUT2D eigenvalue weighted by Crippen LogP contribution is -2.16. The molecule has 0 aromatic carbocycles. The van der Waals surface area contributed by atoms with Crippen LogP contribution in [0, 0.1) is 5.92 Å². The second kappa shape index (κ2) is 2.42. The van der Waals surface area contributed by atoms with Gasteiger partial charge in [-0.25, -0.2) is 0 Å². The maximum absolute atomic E-state index is 2.34. The van der Waals surface area contributed by atoms with E-state index in [1.54, 1.807) is 0 Å². The summed E-state index contributed by atoms with van der Waals surface area (Å²) in [7, 11) is 2.17. The number of rotatable bonds is 1. The molecule has 0 aliphatic carbocycles. The smallest absolute Gasteiger partial charge is 0.0207 e. The molecule has 1 nitrogen and oxygen atoms in total. The molecular weight excluding hydrogens is 110 g/mol. The number of allylic oxidation sites excluding steroid dienone is 1. The van der Waals surface area contributed by atoms with Crippen LogP contribution in [-0.2, 0) is 0 Å². The van der Waals surface area contributed by atoms with Gasteiger partial charge in [-0.05, 0) is 12.3 Å². The van der Waals surface area contributed by atoms with Crippen LogP contribution < -0.4 is 0 Å². The fourth-order valence-electron chi connectivity index (χ4n) is 1.37. The topological polar surface area (TPSA) is 3.24 Å². The van der Waals surface area contributed by atoms with Crippen molar-refractivity contribution in [1.82, 2.24) is 4.90 Å². The molecule has 0 bridgehead atoms. The zero-order chi connectivity index (χ0) is 6.85. The molecule has 1 heterocycles. The Labute approximate surface area is 57.4 Å². The number of nitrogens with zero attached hydrogens (tertiary/aromatic N) is 1. The molecule has 0 fully saturated rings. The van der Waals surface area contributed by atoms with Crippen molar-refractivity contribution in [2.24, 2.45) is 5.92 Å². The highest BCUT2D eigenvalue weighted by Gasteiger charge is 2.12. The van der Waals surface area contributed by atoms with Gasteiger partial charge in [-0.3, -0.25) is 0 Å². The van der Waals surface area contributed by atoms with E-state index in [-0.39, 0.29) is 0 Å². The molecule has 0 saturated carbocycles. The molecule has 1 heteroatoms. The Morgan fingerprint density at radius 1 is 1.56 bits per heavy atom. The van der Waals surface area contributed by atoms with Crippen molar-refractivity contribution in [3.63, 3.8) is 0 Å². The Morgan fingerprint density at radius 3 is 2.44 bits per heavy atom. The standard InChI is InChI=1S/C8H15N/c1-7(2)8-5-4-6-9(8)3/h5,7H,4,6H2,1-3H3. The summed E-state index contributed by atoms with van der Waals surface area (Å²) < 4.78 is 0. The van der Waals surface area contributed by atoms with Gasteiger partial charge in [0.05, 0.1) is 0 Å². The molecule has 0 aromatic rings. The second-order valence-electron chi connectivity index (χ2n) is 2.99. The summed E-state index contributed by atoms with van der Waals surface area (Å²) in [6.45, 7) is 5.70. The molecule has 0 unspecified atom stereocenters. The van der Waals surface area contributed by atoms with Gasteiger partial charge in [0.1, 0.15) is 0 Å². The fourth-order valence-corrected chi connectivity index (χ4v) is 1.37. The lowest BCUT2D eigenvalue weighted by atomic mass is 10.1. The van der Waals surface area contributed by atoms with Crippen LogP contribution in [0.1, 0.15) is 20.3 Å². The predicted octanol–water partition coefficient (Wildman–Crippen LogP) is 1.86. The van der Waals surface area contributed by atoms with E-state index in [1.165, 1.54) is 18.7 Å². The Bertz CT molecular complexity index is 125. The van der Waals surface area contributed by atoms with Crippen LogP contribution in [-0.4, -0.2) is 18.5 Å². The van der Waals surface area contributed by atoms with E-state index in [0.717, 1.165) is 0 Å². The average molecular weight is 125 g/mol. The van der Waals surface area contributed by atoms with Gasteiger partial charge in [0.15, 0.2) is 0 Å². The minimum absolute atomic E-state index is 0.706. The van der Waals surface area contributed by atoms with Gasteiger partial charge >= 0.3 is 0 Å². The van der Waals surface area contributed by atoms with Gasteiger partial charge in [0.2, 0.25) is 0 Å². The molecule has 0 aromatic heterocycles. The summed E-state index contributed by atoms with van der Waals surface area (Å²) in [6.07, 6.45) is 3.58. The third-order valence-corrected chi connectivity index (χ3v) is 1.85. The fraction of sp³-hybridized carbons (Fsp3) is 0.750. The normalized spacial score (nSPS) is 19.1. The van der Waals surface area contributed by atoms with Crippen LogP contribution in [0.4, 0.5) is 0 Å². The van der Waals surface area contributed by atoms with Crippen LogP contribution in [0.3, 0.4) is 0 Å². The van der Waals surface area contributed by atoms with Crippen LogP contribution in [0.15, 0.2) is 11.8 Å². The third kappa shape index (κ3) is 1.26. The molecule has 52 valence electrons. The van der Waals surface area contributed by atoms with E-state index in [4.69, 9.17) is 0 Å². The van der Waals surface area contributed by atoms with E-state index in [2.05, 4.69) is 31.9 Å². The maximum atomic E-state index is 2.34. The molecule has 1 rings (SSSR count). The minimum Gasteiger partial charge on any atom is -0.378 e. The largest absolute Gasteiger partial charge is 0.378 e. The molecule has 0 N–H and O–H groups in total. The van der Waals surface area contributed by atoms with Crippen LogP contribution in [0.2, 0.25) is 0 Å². The van der Waals surface area contributed by atoms with E-state index in [0.29, 0.717) is 5.92 Å². The molecule has 1 aliphatic heterocycles. The molecule has 0 spiro atoms. The molecule has 0 atom stereocenters. The molecule has 1 aliphatic rings. The average Bonchev–Trinajstić information content (AvgIpc) is 2.13. The van der Waals surface area contributed by atoms with Gasteiger partial charge in [0.25, 0.3) is 0 Å². The summed E-state index contributed by atoms with van der Waals surface area (Å²) in [6, 6.07) is 0. The molecular formula is C8H15N. The summed E-state index contributed by atoms with van der Waals surface area (Å²) in [5.41, 5.74) is 1.51. The first-order chi connectivity index (χ1) is 4.22. The lowest BCUT2D eigenvalue weighted by Gasteiger charge is -2.18. The number of hydrogen-bond donors (Lipinski definition) is 0. The first-order valence-corrected chi connectivity index (χ1v) is 3.63. The summed E-state index contributed by atoms with van der Waals surface area (Å²) >= 11 is 0. The summed E-state index contributed by atoms with van der Waals surface area (Å²) in [5, 5.41) is 0. The highest BCUT2D eigenvalue weighted by Crippen LogP contribution is 2.19. The van der Waals surface area contributed by atoms with Crippen molar-refractivity contribution in [3.05, 3.63) is 11.8 Å². The van der Waals surface area contributed by atoms with Crippen LogP contribution >= 0.6 is 0 Å².